The molecule has 1 fully saturated rings. The predicted octanol–water partition coefficient (Wildman–Crippen LogP) is 2.19. The highest BCUT2D eigenvalue weighted by Crippen LogP contribution is 2.14. The second-order valence-electron chi connectivity index (χ2n) is 4.14. The van der Waals surface area contributed by atoms with E-state index < -0.39 is 0 Å². The molecule has 1 N–H and O–H groups in total. The van der Waals surface area contributed by atoms with Crippen molar-refractivity contribution in [3.8, 4) is 0 Å². The number of rotatable bonds is 5. The summed E-state index contributed by atoms with van der Waals surface area (Å²) in [4.78, 5) is 5.42. The fourth-order valence-corrected chi connectivity index (χ4v) is 3.69. The van der Waals surface area contributed by atoms with Crippen LogP contribution in [-0.2, 0) is 6.54 Å². The van der Waals surface area contributed by atoms with Crippen molar-refractivity contribution in [3.63, 3.8) is 0 Å². The molecule has 1 aromatic heterocycles. The van der Waals surface area contributed by atoms with Crippen LogP contribution in [0.5, 0.6) is 0 Å². The van der Waals surface area contributed by atoms with Gasteiger partial charge < -0.3 is 10.2 Å². The van der Waals surface area contributed by atoms with Gasteiger partial charge >= 0.3 is 0 Å². The monoisotopic (exact) mass is 256 g/mol. The smallest absolute Gasteiger partial charge is 0.0300 e. The lowest BCUT2D eigenvalue weighted by molar-refractivity contribution is 0.301. The minimum Gasteiger partial charge on any atom is -0.311 e. The van der Waals surface area contributed by atoms with Crippen LogP contribution in [0.1, 0.15) is 9.75 Å². The predicted molar refractivity (Wildman–Crippen MR) is 74.5 cm³/mol. The maximum atomic E-state index is 3.52. The molecular formula is C12H20N2S2. The Bertz CT molecular complexity index is 306. The second-order valence-corrected chi connectivity index (χ2v) is 6.74. The molecule has 0 amide bonds. The van der Waals surface area contributed by atoms with Gasteiger partial charge in [-0.2, -0.15) is 11.8 Å². The van der Waals surface area contributed by atoms with E-state index in [9.17, 15) is 0 Å². The molecule has 0 unspecified atom stereocenters. The van der Waals surface area contributed by atoms with E-state index >= 15 is 0 Å². The number of thioether (sulfide) groups is 1. The molecule has 2 nitrogen and oxygen atoms in total. The Morgan fingerprint density at radius 2 is 2.12 bits per heavy atom. The van der Waals surface area contributed by atoms with E-state index in [1.165, 1.54) is 40.9 Å². The molecule has 4 heteroatoms. The lowest BCUT2D eigenvalue weighted by atomic mass is 10.4. The number of thiophene rings is 1. The first-order valence-corrected chi connectivity index (χ1v) is 7.88. The van der Waals surface area contributed by atoms with Gasteiger partial charge in [-0.1, -0.05) is 0 Å². The first-order valence-electron chi connectivity index (χ1n) is 5.91. The molecular weight excluding hydrogens is 236 g/mol. The SMILES string of the molecule is Cc1ccc(CNCCN2CCSCC2)s1. The topological polar surface area (TPSA) is 15.3 Å². The Hall–Kier alpha value is -0.0300. The van der Waals surface area contributed by atoms with Gasteiger partial charge in [-0.3, -0.25) is 0 Å². The van der Waals surface area contributed by atoms with Crippen molar-refractivity contribution in [2.45, 2.75) is 13.5 Å². The number of nitrogens with zero attached hydrogens (tertiary/aromatic N) is 1. The van der Waals surface area contributed by atoms with Gasteiger partial charge in [0.25, 0.3) is 0 Å². The summed E-state index contributed by atoms with van der Waals surface area (Å²) in [6, 6.07) is 4.42. The van der Waals surface area contributed by atoms with Gasteiger partial charge in [-0.05, 0) is 19.1 Å². The lowest BCUT2D eigenvalue weighted by Crippen LogP contribution is -2.37. The van der Waals surface area contributed by atoms with Gasteiger partial charge in [0, 0.05) is 54.0 Å². The summed E-state index contributed by atoms with van der Waals surface area (Å²) in [6.45, 7) is 8.04. The Labute approximate surface area is 106 Å². The first kappa shape index (κ1) is 12.4. The maximum Gasteiger partial charge on any atom is 0.0300 e. The minimum atomic E-state index is 1.03. The van der Waals surface area contributed by atoms with E-state index in [1.54, 1.807) is 0 Å². The summed E-state index contributed by atoms with van der Waals surface area (Å²) in [5.74, 6) is 2.62. The zero-order valence-corrected chi connectivity index (χ0v) is 11.5. The van der Waals surface area contributed by atoms with Crippen LogP contribution in [0.3, 0.4) is 0 Å². The molecule has 1 aliphatic rings. The summed E-state index contributed by atoms with van der Waals surface area (Å²) in [5, 5.41) is 3.52. The lowest BCUT2D eigenvalue weighted by Gasteiger charge is -2.26. The Balaban J connectivity index is 1.57. The molecule has 0 atom stereocenters. The van der Waals surface area contributed by atoms with E-state index in [0.29, 0.717) is 0 Å². The van der Waals surface area contributed by atoms with Crippen molar-refractivity contribution < 1.29 is 0 Å². The molecule has 1 aliphatic heterocycles. The molecule has 0 radical (unpaired) electrons. The normalized spacial score (nSPS) is 17.8. The van der Waals surface area contributed by atoms with Crippen LogP contribution in [-0.4, -0.2) is 42.6 Å². The quantitative estimate of drug-likeness (QED) is 0.813. The van der Waals surface area contributed by atoms with Crippen LogP contribution in [0.25, 0.3) is 0 Å². The van der Waals surface area contributed by atoms with Crippen LogP contribution >= 0.6 is 23.1 Å². The molecule has 0 bridgehead atoms. The van der Waals surface area contributed by atoms with Gasteiger partial charge in [0.2, 0.25) is 0 Å². The van der Waals surface area contributed by atoms with Crippen molar-refractivity contribution in [2.75, 3.05) is 37.7 Å². The molecule has 2 rings (SSSR count). The van der Waals surface area contributed by atoms with Crippen LogP contribution in [0, 0.1) is 6.92 Å². The molecule has 0 aliphatic carbocycles. The molecule has 0 spiro atoms. The number of aryl methyl sites for hydroxylation is 1. The van der Waals surface area contributed by atoms with Crippen LogP contribution < -0.4 is 5.32 Å². The standard InChI is InChI=1S/C12H20N2S2/c1-11-2-3-12(16-11)10-13-4-5-14-6-8-15-9-7-14/h2-3,13H,4-10H2,1H3. The van der Waals surface area contributed by atoms with Crippen molar-refractivity contribution >= 4 is 23.1 Å². The average molecular weight is 256 g/mol. The summed E-state index contributed by atoms with van der Waals surface area (Å²) >= 11 is 3.97. The highest BCUT2D eigenvalue weighted by Gasteiger charge is 2.08. The molecule has 16 heavy (non-hydrogen) atoms. The number of nitrogens with one attached hydrogen (secondary N) is 1. The maximum absolute atomic E-state index is 3.52. The van der Waals surface area contributed by atoms with Gasteiger partial charge in [0.1, 0.15) is 0 Å². The molecule has 2 heterocycles. The van der Waals surface area contributed by atoms with Crippen LogP contribution in [0.4, 0.5) is 0 Å². The van der Waals surface area contributed by atoms with E-state index in [1.807, 2.05) is 11.3 Å². The number of hydrogen-bond donors (Lipinski definition) is 1. The fourth-order valence-electron chi connectivity index (χ4n) is 1.85. The Morgan fingerprint density at radius 3 is 2.81 bits per heavy atom. The van der Waals surface area contributed by atoms with Crippen molar-refractivity contribution in [1.29, 1.82) is 0 Å². The largest absolute Gasteiger partial charge is 0.311 e. The van der Waals surface area contributed by atoms with Gasteiger partial charge in [-0.25, -0.2) is 0 Å². The van der Waals surface area contributed by atoms with E-state index in [4.69, 9.17) is 0 Å². The second kappa shape index (κ2) is 6.64. The van der Waals surface area contributed by atoms with E-state index in [2.05, 4.69) is 41.0 Å². The summed E-state index contributed by atoms with van der Waals surface area (Å²) in [5.41, 5.74) is 0. The molecule has 0 saturated carbocycles. The zero-order chi connectivity index (χ0) is 11.2. The van der Waals surface area contributed by atoms with Gasteiger partial charge in [0.15, 0.2) is 0 Å². The Morgan fingerprint density at radius 1 is 1.31 bits per heavy atom. The van der Waals surface area contributed by atoms with Crippen LogP contribution in [0.2, 0.25) is 0 Å². The van der Waals surface area contributed by atoms with Crippen molar-refractivity contribution in [2.24, 2.45) is 0 Å². The first-order chi connectivity index (χ1) is 7.84. The zero-order valence-electron chi connectivity index (χ0n) is 9.87. The Kier molecular flexibility index (Phi) is 5.16. The van der Waals surface area contributed by atoms with Crippen molar-refractivity contribution in [3.05, 3.63) is 21.9 Å². The molecule has 0 aromatic carbocycles. The average Bonchev–Trinajstić information content (AvgIpc) is 2.72. The minimum absolute atomic E-state index is 1.03. The fraction of sp³-hybridized carbons (Fsp3) is 0.667. The summed E-state index contributed by atoms with van der Waals surface area (Å²) in [6.07, 6.45) is 0. The molecule has 90 valence electrons. The third kappa shape index (κ3) is 4.09. The van der Waals surface area contributed by atoms with Gasteiger partial charge in [0.05, 0.1) is 0 Å². The number of hydrogen-bond acceptors (Lipinski definition) is 4. The third-order valence-corrected chi connectivity index (χ3v) is 4.75. The van der Waals surface area contributed by atoms with Crippen LogP contribution in [0.15, 0.2) is 12.1 Å². The van der Waals surface area contributed by atoms with Gasteiger partial charge in [-0.15, -0.1) is 11.3 Å². The third-order valence-electron chi connectivity index (χ3n) is 2.80. The summed E-state index contributed by atoms with van der Waals surface area (Å²) < 4.78 is 0. The summed E-state index contributed by atoms with van der Waals surface area (Å²) in [7, 11) is 0. The molecule has 1 saturated heterocycles. The van der Waals surface area contributed by atoms with Crippen molar-refractivity contribution in [1.82, 2.24) is 10.2 Å². The molecule has 1 aromatic rings. The highest BCUT2D eigenvalue weighted by molar-refractivity contribution is 7.99. The highest BCUT2D eigenvalue weighted by atomic mass is 32.2. The van der Waals surface area contributed by atoms with E-state index in [0.717, 1.165) is 13.1 Å². The van der Waals surface area contributed by atoms with E-state index in [-0.39, 0.29) is 0 Å².